The predicted octanol–water partition coefficient (Wildman–Crippen LogP) is 3.00. The monoisotopic (exact) mass is 394 g/mol. The Morgan fingerprint density at radius 1 is 1.00 bits per heavy atom. The van der Waals surface area contributed by atoms with Gasteiger partial charge in [-0.3, -0.25) is 4.79 Å². The molecule has 6 heteroatoms. The van der Waals surface area contributed by atoms with Crippen LogP contribution >= 0.6 is 0 Å². The first-order valence-corrected chi connectivity index (χ1v) is 10.1. The van der Waals surface area contributed by atoms with E-state index >= 15 is 0 Å². The van der Waals surface area contributed by atoms with E-state index in [1.54, 1.807) is 4.90 Å². The third-order valence-electron chi connectivity index (χ3n) is 5.26. The Morgan fingerprint density at radius 2 is 1.66 bits per heavy atom. The van der Waals surface area contributed by atoms with Crippen molar-refractivity contribution >= 4 is 17.6 Å². The number of carbonyl (C=O) groups excluding carboxylic acids is 2. The summed E-state index contributed by atoms with van der Waals surface area (Å²) in [4.78, 5) is 29.5. The lowest BCUT2D eigenvalue weighted by atomic mass is 9.84. The Morgan fingerprint density at radius 3 is 2.31 bits per heavy atom. The molecule has 154 valence electrons. The summed E-state index contributed by atoms with van der Waals surface area (Å²) in [5, 5.41) is 5.98. The van der Waals surface area contributed by atoms with Crippen LogP contribution in [0.4, 0.5) is 10.5 Å². The molecule has 29 heavy (non-hydrogen) atoms. The van der Waals surface area contributed by atoms with Crippen molar-refractivity contribution in [3.8, 4) is 0 Å². The first-order chi connectivity index (χ1) is 14.0. The van der Waals surface area contributed by atoms with E-state index in [1.165, 1.54) is 0 Å². The number of nitrogens with zero attached hydrogens (tertiary/aromatic N) is 2. The summed E-state index contributed by atoms with van der Waals surface area (Å²) in [5.74, 6) is -0.0706. The minimum absolute atomic E-state index is 0.0185. The van der Waals surface area contributed by atoms with Crippen LogP contribution in [0.5, 0.6) is 0 Å². The number of benzene rings is 2. The fourth-order valence-electron chi connectivity index (χ4n) is 3.69. The van der Waals surface area contributed by atoms with Crippen LogP contribution < -0.4 is 10.6 Å². The normalized spacial score (nSPS) is 19.1. The maximum absolute atomic E-state index is 12.9. The second-order valence-corrected chi connectivity index (χ2v) is 7.84. The minimum Gasteiger partial charge on any atom is -0.355 e. The number of urea groups is 1. The zero-order valence-corrected chi connectivity index (χ0v) is 17.2. The van der Waals surface area contributed by atoms with Crippen LogP contribution in [0.2, 0.25) is 0 Å². The van der Waals surface area contributed by atoms with E-state index in [2.05, 4.69) is 22.8 Å². The average Bonchev–Trinajstić information content (AvgIpc) is 2.74. The molecule has 0 spiro atoms. The maximum atomic E-state index is 12.9. The number of amides is 3. The molecule has 1 aliphatic heterocycles. The highest BCUT2D eigenvalue weighted by molar-refractivity contribution is 5.90. The van der Waals surface area contributed by atoms with E-state index in [0.29, 0.717) is 19.6 Å². The Kier molecular flexibility index (Phi) is 7.25. The molecule has 1 fully saturated rings. The molecule has 3 amide bonds. The molecule has 0 aromatic heterocycles. The van der Waals surface area contributed by atoms with Gasteiger partial charge >= 0.3 is 6.03 Å². The molecule has 2 aromatic carbocycles. The zero-order chi connectivity index (χ0) is 20.6. The highest BCUT2D eigenvalue weighted by Gasteiger charge is 2.34. The summed E-state index contributed by atoms with van der Waals surface area (Å²) in [6.07, 6.45) is 0.743. The van der Waals surface area contributed by atoms with Crippen molar-refractivity contribution < 1.29 is 9.59 Å². The number of likely N-dealkylation sites (tertiary alicyclic amines) is 1. The Hall–Kier alpha value is -2.86. The van der Waals surface area contributed by atoms with Crippen molar-refractivity contribution in [2.24, 2.45) is 5.92 Å². The summed E-state index contributed by atoms with van der Waals surface area (Å²) >= 11 is 0. The van der Waals surface area contributed by atoms with Crippen LogP contribution in [-0.2, 0) is 4.79 Å². The van der Waals surface area contributed by atoms with Gasteiger partial charge in [0.25, 0.3) is 0 Å². The average molecular weight is 395 g/mol. The van der Waals surface area contributed by atoms with E-state index in [-0.39, 0.29) is 23.8 Å². The summed E-state index contributed by atoms with van der Waals surface area (Å²) in [5.41, 5.74) is 1.92. The van der Waals surface area contributed by atoms with E-state index in [0.717, 1.165) is 24.2 Å². The molecule has 0 aliphatic carbocycles. The van der Waals surface area contributed by atoms with Gasteiger partial charge in [-0.05, 0) is 38.2 Å². The highest BCUT2D eigenvalue weighted by Crippen LogP contribution is 2.30. The molecule has 2 unspecified atom stereocenters. The van der Waals surface area contributed by atoms with Gasteiger partial charge in [0.1, 0.15) is 0 Å². The van der Waals surface area contributed by atoms with E-state index in [9.17, 15) is 9.59 Å². The first kappa shape index (κ1) is 20.9. The number of para-hydroxylation sites is 1. The van der Waals surface area contributed by atoms with Crippen LogP contribution in [-0.4, -0.2) is 62.0 Å². The van der Waals surface area contributed by atoms with Gasteiger partial charge in [-0.15, -0.1) is 0 Å². The number of likely N-dealkylation sites (N-methyl/N-ethyl adjacent to an activating group) is 1. The quantitative estimate of drug-likeness (QED) is 0.792. The molecular weight excluding hydrogens is 364 g/mol. The van der Waals surface area contributed by atoms with Crippen LogP contribution in [0.3, 0.4) is 0 Å². The van der Waals surface area contributed by atoms with Crippen LogP contribution in [0, 0.1) is 5.92 Å². The Bertz CT molecular complexity index is 795. The summed E-state index contributed by atoms with van der Waals surface area (Å²) < 4.78 is 0. The summed E-state index contributed by atoms with van der Waals surface area (Å²) in [6.45, 7) is 2.42. The smallest absolute Gasteiger partial charge is 0.321 e. The minimum atomic E-state index is -0.224. The lowest BCUT2D eigenvalue weighted by Gasteiger charge is -2.37. The lowest BCUT2D eigenvalue weighted by Crippen LogP contribution is -2.49. The van der Waals surface area contributed by atoms with Crippen molar-refractivity contribution in [1.82, 2.24) is 15.1 Å². The van der Waals surface area contributed by atoms with Crippen molar-refractivity contribution in [3.63, 3.8) is 0 Å². The molecule has 0 bridgehead atoms. The molecule has 1 saturated heterocycles. The molecule has 1 aliphatic rings. The van der Waals surface area contributed by atoms with Gasteiger partial charge in [0, 0.05) is 37.8 Å². The number of anilines is 1. The van der Waals surface area contributed by atoms with Crippen LogP contribution in [0.15, 0.2) is 60.7 Å². The van der Waals surface area contributed by atoms with Crippen LogP contribution in [0.1, 0.15) is 17.9 Å². The molecule has 0 saturated carbocycles. The summed E-state index contributed by atoms with van der Waals surface area (Å²) in [7, 11) is 3.96. The Labute approximate surface area is 172 Å². The second-order valence-electron chi connectivity index (χ2n) is 7.84. The SMILES string of the molecule is CN(C)CCNC(=O)C1CC(c2ccccc2)CN(C(=O)Nc2ccccc2)C1. The number of hydrogen-bond acceptors (Lipinski definition) is 3. The molecule has 2 aromatic rings. The standard InChI is InChI=1S/C23H30N4O2/c1-26(2)14-13-24-22(28)20-15-19(18-9-5-3-6-10-18)16-27(17-20)23(29)25-21-11-7-4-8-12-21/h3-12,19-20H,13-17H2,1-2H3,(H,24,28)(H,25,29). The molecule has 6 nitrogen and oxygen atoms in total. The van der Waals surface area contributed by atoms with Crippen molar-refractivity contribution in [2.45, 2.75) is 12.3 Å². The molecule has 2 atom stereocenters. The van der Waals surface area contributed by atoms with Gasteiger partial charge in [0.2, 0.25) is 5.91 Å². The number of piperidine rings is 1. The number of nitrogens with one attached hydrogen (secondary N) is 2. The largest absolute Gasteiger partial charge is 0.355 e. The molecule has 0 radical (unpaired) electrons. The molecule has 2 N–H and O–H groups in total. The fourth-order valence-corrected chi connectivity index (χ4v) is 3.69. The van der Waals surface area contributed by atoms with Gasteiger partial charge in [0.15, 0.2) is 0 Å². The van der Waals surface area contributed by atoms with E-state index in [1.807, 2.05) is 67.5 Å². The predicted molar refractivity (Wildman–Crippen MR) is 116 cm³/mol. The maximum Gasteiger partial charge on any atom is 0.321 e. The third-order valence-corrected chi connectivity index (χ3v) is 5.26. The van der Waals surface area contributed by atoms with Crippen molar-refractivity contribution in [2.75, 3.05) is 45.6 Å². The van der Waals surface area contributed by atoms with Gasteiger partial charge in [-0.1, -0.05) is 48.5 Å². The molecular formula is C23H30N4O2. The fraction of sp³-hybridized carbons (Fsp3) is 0.391. The van der Waals surface area contributed by atoms with E-state index in [4.69, 9.17) is 0 Å². The van der Waals surface area contributed by atoms with E-state index < -0.39 is 0 Å². The third kappa shape index (κ3) is 6.06. The number of rotatable bonds is 6. The second kappa shape index (κ2) is 10.1. The van der Waals surface area contributed by atoms with Crippen LogP contribution in [0.25, 0.3) is 0 Å². The van der Waals surface area contributed by atoms with Gasteiger partial charge in [0.05, 0.1) is 5.92 Å². The first-order valence-electron chi connectivity index (χ1n) is 10.1. The molecule has 1 heterocycles. The zero-order valence-electron chi connectivity index (χ0n) is 17.2. The van der Waals surface area contributed by atoms with Crippen molar-refractivity contribution in [3.05, 3.63) is 66.2 Å². The lowest BCUT2D eigenvalue weighted by molar-refractivity contribution is -0.126. The van der Waals surface area contributed by atoms with Gasteiger partial charge in [-0.2, -0.15) is 0 Å². The van der Waals surface area contributed by atoms with Crippen molar-refractivity contribution in [1.29, 1.82) is 0 Å². The Balaban J connectivity index is 1.71. The highest BCUT2D eigenvalue weighted by atomic mass is 16.2. The van der Waals surface area contributed by atoms with Gasteiger partial charge in [-0.25, -0.2) is 4.79 Å². The topological polar surface area (TPSA) is 64.7 Å². The number of carbonyl (C=O) groups is 2. The molecule has 3 rings (SSSR count). The van der Waals surface area contributed by atoms with Gasteiger partial charge < -0.3 is 20.4 Å². The summed E-state index contributed by atoms with van der Waals surface area (Å²) in [6, 6.07) is 19.4. The number of hydrogen-bond donors (Lipinski definition) is 2.